The Kier molecular flexibility index (Phi) is 9.51. The molecule has 0 radical (unpaired) electrons. The lowest BCUT2D eigenvalue weighted by molar-refractivity contribution is -0.140. The molecule has 39 heavy (non-hydrogen) atoms. The molecule has 1 atom stereocenters. The maximum atomic E-state index is 13.9. The zero-order chi connectivity index (χ0) is 28.2. The molecule has 2 aliphatic rings. The molecule has 1 saturated carbocycles. The number of hydrogen-bond donors (Lipinski definition) is 1. The molecule has 9 nitrogen and oxygen atoms in total. The lowest BCUT2D eigenvalue weighted by atomic mass is 9.95. The lowest BCUT2D eigenvalue weighted by Gasteiger charge is -2.34. The Hall–Kier alpha value is -2.69. The van der Waals surface area contributed by atoms with Crippen LogP contribution in [0.1, 0.15) is 51.0 Å². The number of carbonyl (C=O) groups is 2. The second kappa shape index (κ2) is 12.7. The fourth-order valence-electron chi connectivity index (χ4n) is 4.95. The van der Waals surface area contributed by atoms with Crippen LogP contribution in [0.15, 0.2) is 36.4 Å². The molecule has 2 aromatic rings. The number of nitrogens with zero attached hydrogens (tertiary/aromatic N) is 2. The number of benzene rings is 2. The summed E-state index contributed by atoms with van der Waals surface area (Å²) >= 11 is 12.5. The fraction of sp³-hybridized carbons (Fsp3) is 0.481. The highest BCUT2D eigenvalue weighted by Gasteiger charge is 2.33. The molecule has 2 amide bonds. The summed E-state index contributed by atoms with van der Waals surface area (Å²) in [5.74, 6) is 0.0613. The highest BCUT2D eigenvalue weighted by atomic mass is 35.5. The van der Waals surface area contributed by atoms with Gasteiger partial charge in [-0.15, -0.1) is 0 Å². The van der Waals surface area contributed by atoms with Crippen molar-refractivity contribution >= 4 is 50.7 Å². The van der Waals surface area contributed by atoms with Gasteiger partial charge in [0.2, 0.25) is 28.6 Å². The van der Waals surface area contributed by atoms with Crippen molar-refractivity contribution in [3.8, 4) is 11.5 Å². The number of rotatable bonds is 10. The van der Waals surface area contributed by atoms with Crippen LogP contribution in [0.25, 0.3) is 0 Å². The van der Waals surface area contributed by atoms with Gasteiger partial charge in [0.25, 0.3) is 0 Å². The van der Waals surface area contributed by atoms with Crippen molar-refractivity contribution < 1.29 is 27.5 Å². The van der Waals surface area contributed by atoms with Crippen LogP contribution in [0.3, 0.4) is 0 Å². The molecule has 212 valence electrons. The van der Waals surface area contributed by atoms with Crippen molar-refractivity contribution in [1.29, 1.82) is 0 Å². The Bertz CT molecular complexity index is 1320. The minimum Gasteiger partial charge on any atom is -0.454 e. The van der Waals surface area contributed by atoms with Gasteiger partial charge in [0.15, 0.2) is 11.5 Å². The number of sulfonamides is 1. The topological polar surface area (TPSA) is 105 Å². The average molecular weight is 599 g/mol. The number of amides is 2. The van der Waals surface area contributed by atoms with Crippen molar-refractivity contribution in [2.45, 2.75) is 64.1 Å². The smallest absolute Gasteiger partial charge is 0.244 e. The van der Waals surface area contributed by atoms with Gasteiger partial charge in [-0.1, -0.05) is 55.5 Å². The van der Waals surface area contributed by atoms with Gasteiger partial charge < -0.3 is 19.7 Å². The molecule has 0 unspecified atom stereocenters. The Morgan fingerprint density at radius 3 is 2.44 bits per heavy atom. The Morgan fingerprint density at radius 1 is 1.05 bits per heavy atom. The van der Waals surface area contributed by atoms with E-state index in [4.69, 9.17) is 32.7 Å². The number of hydrogen-bond acceptors (Lipinski definition) is 6. The summed E-state index contributed by atoms with van der Waals surface area (Å²) < 4.78 is 37.4. The molecule has 0 bridgehead atoms. The van der Waals surface area contributed by atoms with Crippen LogP contribution in [0.4, 0.5) is 5.69 Å². The third-order valence-corrected chi connectivity index (χ3v) is 8.74. The van der Waals surface area contributed by atoms with Crippen LogP contribution in [-0.4, -0.2) is 56.8 Å². The van der Waals surface area contributed by atoms with Crippen molar-refractivity contribution in [2.75, 3.05) is 23.9 Å². The summed E-state index contributed by atoms with van der Waals surface area (Å²) in [5, 5.41) is 3.89. The Labute approximate surface area is 239 Å². The highest BCUT2D eigenvalue weighted by molar-refractivity contribution is 7.92. The summed E-state index contributed by atoms with van der Waals surface area (Å²) in [4.78, 5) is 28.8. The monoisotopic (exact) mass is 597 g/mol. The summed E-state index contributed by atoms with van der Waals surface area (Å²) in [6.07, 6.45) is 6.38. The van der Waals surface area contributed by atoms with E-state index in [1.165, 1.54) is 11.0 Å². The molecule has 2 aromatic carbocycles. The second-order valence-electron chi connectivity index (χ2n) is 9.83. The second-order valence-corrected chi connectivity index (χ2v) is 12.6. The fourth-order valence-corrected chi connectivity index (χ4v) is 6.26. The van der Waals surface area contributed by atoms with Crippen molar-refractivity contribution in [3.05, 3.63) is 52.0 Å². The third kappa shape index (κ3) is 7.29. The van der Waals surface area contributed by atoms with Gasteiger partial charge in [0.05, 0.1) is 11.9 Å². The number of fused-ring (bicyclic) bond motifs is 1. The van der Waals surface area contributed by atoms with Crippen LogP contribution >= 0.6 is 23.2 Å². The number of halogens is 2. The molecule has 4 rings (SSSR count). The lowest BCUT2D eigenvalue weighted by Crippen LogP contribution is -2.54. The minimum atomic E-state index is -3.88. The number of ether oxygens (including phenoxy) is 2. The molecule has 1 heterocycles. The van der Waals surface area contributed by atoms with E-state index in [1.54, 1.807) is 30.3 Å². The van der Waals surface area contributed by atoms with Gasteiger partial charge in [-0.3, -0.25) is 13.9 Å². The van der Waals surface area contributed by atoms with E-state index in [0.29, 0.717) is 33.5 Å². The van der Waals surface area contributed by atoms with Gasteiger partial charge >= 0.3 is 0 Å². The molecule has 0 aromatic heterocycles. The minimum absolute atomic E-state index is 0.00414. The summed E-state index contributed by atoms with van der Waals surface area (Å²) in [7, 11) is -3.88. The van der Waals surface area contributed by atoms with E-state index in [1.807, 2.05) is 6.92 Å². The molecule has 1 N–H and O–H groups in total. The quantitative estimate of drug-likeness (QED) is 0.424. The maximum Gasteiger partial charge on any atom is 0.244 e. The molecular weight excluding hydrogens is 565 g/mol. The first-order valence-electron chi connectivity index (χ1n) is 13.0. The van der Waals surface area contributed by atoms with Crippen LogP contribution < -0.4 is 19.1 Å². The standard InChI is InChI=1S/C27H33Cl2N3O6S/c1-3-23(27(34)30-20-7-5-4-6-8-20)31(15-18-9-10-19(28)13-22(18)29)26(33)16-32(39(2,35)36)21-11-12-24-25(14-21)38-17-37-24/h9-14,20,23H,3-8,15-17H2,1-2H3,(H,30,34)/t23-/m1/s1. The molecule has 1 aliphatic carbocycles. The zero-order valence-electron chi connectivity index (χ0n) is 22.0. The van der Waals surface area contributed by atoms with E-state index in [0.717, 1.165) is 42.7 Å². The molecule has 1 fully saturated rings. The van der Waals surface area contributed by atoms with E-state index in [9.17, 15) is 18.0 Å². The van der Waals surface area contributed by atoms with Crippen molar-refractivity contribution in [2.24, 2.45) is 0 Å². The molecule has 0 spiro atoms. The van der Waals surface area contributed by atoms with Crippen LogP contribution in [-0.2, 0) is 26.2 Å². The van der Waals surface area contributed by atoms with E-state index < -0.39 is 28.5 Å². The van der Waals surface area contributed by atoms with E-state index in [-0.39, 0.29) is 31.0 Å². The largest absolute Gasteiger partial charge is 0.454 e. The molecular formula is C27H33Cl2N3O6S. The van der Waals surface area contributed by atoms with Crippen LogP contribution in [0, 0.1) is 0 Å². The number of anilines is 1. The Balaban J connectivity index is 1.64. The zero-order valence-corrected chi connectivity index (χ0v) is 24.3. The normalized spacial score (nSPS) is 16.0. The Morgan fingerprint density at radius 2 is 1.77 bits per heavy atom. The first kappa shape index (κ1) is 29.3. The van der Waals surface area contributed by atoms with E-state index >= 15 is 0 Å². The van der Waals surface area contributed by atoms with Crippen molar-refractivity contribution in [3.63, 3.8) is 0 Å². The summed E-state index contributed by atoms with van der Waals surface area (Å²) in [6, 6.07) is 8.81. The molecule has 1 aliphatic heterocycles. The predicted molar refractivity (Wildman–Crippen MR) is 151 cm³/mol. The average Bonchev–Trinajstić information content (AvgIpc) is 3.36. The van der Waals surface area contributed by atoms with Crippen LogP contribution in [0.2, 0.25) is 10.0 Å². The first-order valence-corrected chi connectivity index (χ1v) is 15.6. The number of nitrogens with one attached hydrogen (secondary N) is 1. The van der Waals surface area contributed by atoms with Crippen LogP contribution in [0.5, 0.6) is 11.5 Å². The van der Waals surface area contributed by atoms with Crippen molar-refractivity contribution in [1.82, 2.24) is 10.2 Å². The van der Waals surface area contributed by atoms with Gasteiger partial charge in [-0.25, -0.2) is 8.42 Å². The van der Waals surface area contributed by atoms with Gasteiger partial charge in [-0.2, -0.15) is 0 Å². The highest BCUT2D eigenvalue weighted by Crippen LogP contribution is 2.36. The predicted octanol–water partition coefficient (Wildman–Crippen LogP) is 4.74. The SMILES string of the molecule is CC[C@H](C(=O)NC1CCCCC1)N(Cc1ccc(Cl)cc1Cl)C(=O)CN(c1ccc2c(c1)OCO2)S(C)(=O)=O. The third-order valence-electron chi connectivity index (χ3n) is 7.02. The first-order chi connectivity index (χ1) is 18.6. The van der Waals surface area contributed by atoms with Gasteiger partial charge in [0, 0.05) is 28.7 Å². The van der Waals surface area contributed by atoms with Gasteiger partial charge in [-0.05, 0) is 49.1 Å². The molecule has 0 saturated heterocycles. The molecule has 12 heteroatoms. The summed E-state index contributed by atoms with van der Waals surface area (Å²) in [6.45, 7) is 1.34. The maximum absolute atomic E-state index is 13.9. The number of carbonyl (C=O) groups excluding carboxylic acids is 2. The summed E-state index contributed by atoms with van der Waals surface area (Å²) in [5.41, 5.74) is 0.839. The van der Waals surface area contributed by atoms with Gasteiger partial charge in [0.1, 0.15) is 12.6 Å². The van der Waals surface area contributed by atoms with E-state index in [2.05, 4.69) is 5.32 Å².